The minimum absolute atomic E-state index is 0.0865. The molecular formula is C12H16F2N2O. The summed E-state index contributed by atoms with van der Waals surface area (Å²) in [5, 5.41) is 0. The molecule has 0 aliphatic heterocycles. The Morgan fingerprint density at radius 1 is 1.24 bits per heavy atom. The summed E-state index contributed by atoms with van der Waals surface area (Å²) < 4.78 is 25.9. The molecule has 0 radical (unpaired) electrons. The summed E-state index contributed by atoms with van der Waals surface area (Å²) in [6.07, 6.45) is 0. The Labute approximate surface area is 99.6 Å². The fourth-order valence-electron chi connectivity index (χ4n) is 1.37. The summed E-state index contributed by atoms with van der Waals surface area (Å²) in [6.45, 7) is 2.55. The van der Waals surface area contributed by atoms with Gasteiger partial charge in [0, 0.05) is 32.4 Å². The second-order valence-electron chi connectivity index (χ2n) is 3.90. The molecule has 0 N–H and O–H groups in total. The quantitative estimate of drug-likeness (QED) is 0.804. The third-order valence-electron chi connectivity index (χ3n) is 2.47. The van der Waals surface area contributed by atoms with Crippen LogP contribution >= 0.6 is 0 Å². The number of carbonyl (C=O) groups is 1. The van der Waals surface area contributed by atoms with E-state index in [-0.39, 0.29) is 12.5 Å². The van der Waals surface area contributed by atoms with Crippen molar-refractivity contribution in [2.24, 2.45) is 0 Å². The van der Waals surface area contributed by atoms with E-state index in [4.69, 9.17) is 0 Å². The second kappa shape index (κ2) is 5.61. The highest BCUT2D eigenvalue weighted by molar-refractivity contribution is 5.81. The van der Waals surface area contributed by atoms with Gasteiger partial charge >= 0.3 is 0 Å². The van der Waals surface area contributed by atoms with E-state index in [0.717, 1.165) is 12.1 Å². The standard InChI is InChI=1S/C12H16F2N2O/c1-4-16(8-12(17)15(2)3)9-5-6-10(13)11(14)7-9/h5-7H,4,8H2,1-3H3. The Balaban J connectivity index is 2.86. The Morgan fingerprint density at radius 3 is 2.35 bits per heavy atom. The number of amides is 1. The van der Waals surface area contributed by atoms with Gasteiger partial charge in [0.1, 0.15) is 0 Å². The minimum Gasteiger partial charge on any atom is -0.362 e. The summed E-state index contributed by atoms with van der Waals surface area (Å²) in [5.41, 5.74) is 0.501. The molecule has 0 atom stereocenters. The van der Waals surface area contributed by atoms with Gasteiger partial charge in [0.2, 0.25) is 5.91 Å². The number of carbonyl (C=O) groups excluding carboxylic acids is 1. The third-order valence-corrected chi connectivity index (χ3v) is 2.47. The summed E-state index contributed by atoms with van der Waals surface area (Å²) in [7, 11) is 3.31. The van der Waals surface area contributed by atoms with Crippen LogP contribution in [0.5, 0.6) is 0 Å². The molecule has 0 aromatic heterocycles. The fourth-order valence-corrected chi connectivity index (χ4v) is 1.37. The van der Waals surface area contributed by atoms with Crippen molar-refractivity contribution < 1.29 is 13.6 Å². The van der Waals surface area contributed by atoms with Crippen LogP contribution in [0.1, 0.15) is 6.92 Å². The minimum atomic E-state index is -0.904. The van der Waals surface area contributed by atoms with Gasteiger partial charge in [0.25, 0.3) is 0 Å². The molecule has 0 aliphatic carbocycles. The first-order chi connectivity index (χ1) is 7.95. The van der Waals surface area contributed by atoms with Crippen molar-refractivity contribution in [1.82, 2.24) is 4.90 Å². The maximum atomic E-state index is 13.1. The maximum Gasteiger partial charge on any atom is 0.241 e. The molecule has 1 aromatic rings. The van der Waals surface area contributed by atoms with E-state index in [1.165, 1.54) is 11.0 Å². The van der Waals surface area contributed by atoms with Crippen molar-refractivity contribution in [2.45, 2.75) is 6.92 Å². The van der Waals surface area contributed by atoms with Crippen molar-refractivity contribution in [2.75, 3.05) is 32.1 Å². The summed E-state index contributed by atoms with van der Waals surface area (Å²) in [5.74, 6) is -1.88. The molecule has 0 saturated heterocycles. The number of rotatable bonds is 4. The Bertz CT molecular complexity index is 407. The summed E-state index contributed by atoms with van der Waals surface area (Å²) in [4.78, 5) is 14.7. The van der Waals surface area contributed by atoms with Gasteiger partial charge in [-0.3, -0.25) is 4.79 Å². The molecular weight excluding hydrogens is 226 g/mol. The molecule has 17 heavy (non-hydrogen) atoms. The zero-order chi connectivity index (χ0) is 13.0. The SMILES string of the molecule is CCN(CC(=O)N(C)C)c1ccc(F)c(F)c1. The van der Waals surface area contributed by atoms with Crippen molar-refractivity contribution >= 4 is 11.6 Å². The predicted octanol–water partition coefficient (Wildman–Crippen LogP) is 1.88. The summed E-state index contributed by atoms with van der Waals surface area (Å²) in [6, 6.07) is 3.63. The highest BCUT2D eigenvalue weighted by Gasteiger charge is 2.13. The van der Waals surface area contributed by atoms with E-state index in [1.54, 1.807) is 19.0 Å². The van der Waals surface area contributed by atoms with Crippen LogP contribution in [0.4, 0.5) is 14.5 Å². The Kier molecular flexibility index (Phi) is 4.43. The molecule has 0 saturated carbocycles. The molecule has 0 aliphatic rings. The lowest BCUT2D eigenvalue weighted by molar-refractivity contribution is -0.127. The topological polar surface area (TPSA) is 23.6 Å². The van der Waals surface area contributed by atoms with Gasteiger partial charge in [-0.15, -0.1) is 0 Å². The van der Waals surface area contributed by atoms with Crippen LogP contribution in [0.15, 0.2) is 18.2 Å². The van der Waals surface area contributed by atoms with Gasteiger partial charge in [0.15, 0.2) is 11.6 Å². The molecule has 3 nitrogen and oxygen atoms in total. The summed E-state index contributed by atoms with van der Waals surface area (Å²) >= 11 is 0. The van der Waals surface area contributed by atoms with Gasteiger partial charge < -0.3 is 9.80 Å². The van der Waals surface area contributed by atoms with E-state index in [2.05, 4.69) is 0 Å². The van der Waals surface area contributed by atoms with Crippen LogP contribution < -0.4 is 4.90 Å². The van der Waals surface area contributed by atoms with Gasteiger partial charge in [-0.1, -0.05) is 0 Å². The van der Waals surface area contributed by atoms with Gasteiger partial charge in [-0.25, -0.2) is 8.78 Å². The first kappa shape index (κ1) is 13.4. The largest absolute Gasteiger partial charge is 0.362 e. The van der Waals surface area contributed by atoms with Crippen molar-refractivity contribution in [3.8, 4) is 0 Å². The first-order valence-electron chi connectivity index (χ1n) is 5.35. The van der Waals surface area contributed by atoms with E-state index in [1.807, 2.05) is 6.92 Å². The van der Waals surface area contributed by atoms with Crippen molar-refractivity contribution in [3.63, 3.8) is 0 Å². The zero-order valence-electron chi connectivity index (χ0n) is 10.2. The van der Waals surface area contributed by atoms with Crippen LogP contribution in [0.25, 0.3) is 0 Å². The van der Waals surface area contributed by atoms with Crippen LogP contribution in [-0.2, 0) is 4.79 Å². The number of benzene rings is 1. The fraction of sp³-hybridized carbons (Fsp3) is 0.417. The molecule has 0 spiro atoms. The second-order valence-corrected chi connectivity index (χ2v) is 3.90. The smallest absolute Gasteiger partial charge is 0.241 e. The Morgan fingerprint density at radius 2 is 1.88 bits per heavy atom. The molecule has 1 aromatic carbocycles. The van der Waals surface area contributed by atoms with E-state index < -0.39 is 11.6 Å². The lowest BCUT2D eigenvalue weighted by Gasteiger charge is -2.24. The molecule has 5 heteroatoms. The predicted molar refractivity (Wildman–Crippen MR) is 62.9 cm³/mol. The molecule has 1 rings (SSSR count). The molecule has 1 amide bonds. The number of anilines is 1. The lowest BCUT2D eigenvalue weighted by atomic mass is 10.2. The average Bonchev–Trinajstić information content (AvgIpc) is 2.29. The van der Waals surface area contributed by atoms with Crippen molar-refractivity contribution in [3.05, 3.63) is 29.8 Å². The molecule has 0 fully saturated rings. The van der Waals surface area contributed by atoms with Gasteiger partial charge in [-0.05, 0) is 19.1 Å². The van der Waals surface area contributed by atoms with Crippen LogP contribution in [0, 0.1) is 11.6 Å². The zero-order valence-corrected chi connectivity index (χ0v) is 10.2. The normalized spacial score (nSPS) is 10.2. The maximum absolute atomic E-state index is 13.1. The molecule has 0 unspecified atom stereocenters. The number of nitrogens with zero attached hydrogens (tertiary/aromatic N) is 2. The first-order valence-corrected chi connectivity index (χ1v) is 5.35. The highest BCUT2D eigenvalue weighted by Crippen LogP contribution is 2.17. The number of hydrogen-bond acceptors (Lipinski definition) is 2. The van der Waals surface area contributed by atoms with Crippen molar-refractivity contribution in [1.29, 1.82) is 0 Å². The third kappa shape index (κ3) is 3.41. The van der Waals surface area contributed by atoms with Crippen LogP contribution in [-0.4, -0.2) is 38.0 Å². The number of hydrogen-bond donors (Lipinski definition) is 0. The Hall–Kier alpha value is -1.65. The lowest BCUT2D eigenvalue weighted by Crippen LogP contribution is -2.36. The van der Waals surface area contributed by atoms with E-state index in [0.29, 0.717) is 12.2 Å². The van der Waals surface area contributed by atoms with E-state index >= 15 is 0 Å². The van der Waals surface area contributed by atoms with Crippen LogP contribution in [0.3, 0.4) is 0 Å². The molecule has 0 bridgehead atoms. The molecule has 94 valence electrons. The van der Waals surface area contributed by atoms with Gasteiger partial charge in [-0.2, -0.15) is 0 Å². The number of halogens is 2. The van der Waals surface area contributed by atoms with Gasteiger partial charge in [0.05, 0.1) is 6.54 Å². The monoisotopic (exact) mass is 242 g/mol. The van der Waals surface area contributed by atoms with E-state index in [9.17, 15) is 13.6 Å². The number of likely N-dealkylation sites (N-methyl/N-ethyl adjacent to an activating group) is 2. The average molecular weight is 242 g/mol. The highest BCUT2D eigenvalue weighted by atomic mass is 19.2. The molecule has 0 heterocycles. The van der Waals surface area contributed by atoms with Crippen LogP contribution in [0.2, 0.25) is 0 Å².